The van der Waals surface area contributed by atoms with Gasteiger partial charge in [0.2, 0.25) is 5.91 Å². The molecule has 0 radical (unpaired) electrons. The molecule has 0 bridgehead atoms. The minimum Gasteiger partial charge on any atom is -0.356 e. The van der Waals surface area contributed by atoms with Gasteiger partial charge < -0.3 is 10.6 Å². The summed E-state index contributed by atoms with van der Waals surface area (Å²) in [6, 6.07) is 0. The van der Waals surface area contributed by atoms with E-state index < -0.39 is 0 Å². The van der Waals surface area contributed by atoms with Crippen molar-refractivity contribution in [2.75, 3.05) is 19.6 Å². The highest BCUT2D eigenvalue weighted by Crippen LogP contribution is 2.48. The predicted molar refractivity (Wildman–Crippen MR) is 76.8 cm³/mol. The van der Waals surface area contributed by atoms with Crippen LogP contribution in [0.2, 0.25) is 0 Å². The smallest absolute Gasteiger partial charge is 0.220 e. The maximum atomic E-state index is 11.9. The Balaban J connectivity index is 1.31. The molecular formula is C16H28N2O. The Morgan fingerprint density at radius 3 is 2.47 bits per heavy atom. The van der Waals surface area contributed by atoms with Gasteiger partial charge in [0.15, 0.2) is 0 Å². The average Bonchev–Trinajstić information content (AvgIpc) is 3.30. The molecule has 3 heteroatoms. The van der Waals surface area contributed by atoms with Crippen LogP contribution in [0.4, 0.5) is 0 Å². The number of carbonyl (C=O) groups is 1. The highest BCUT2D eigenvalue weighted by Gasteiger charge is 2.41. The van der Waals surface area contributed by atoms with Crippen molar-refractivity contribution in [2.24, 2.45) is 23.7 Å². The quantitative estimate of drug-likeness (QED) is 0.741. The van der Waals surface area contributed by atoms with E-state index in [4.69, 9.17) is 0 Å². The van der Waals surface area contributed by atoms with E-state index in [0.717, 1.165) is 56.1 Å². The molecule has 0 aromatic carbocycles. The molecular weight excluding hydrogens is 236 g/mol. The van der Waals surface area contributed by atoms with Gasteiger partial charge in [-0.1, -0.05) is 0 Å². The van der Waals surface area contributed by atoms with Gasteiger partial charge in [0.05, 0.1) is 0 Å². The van der Waals surface area contributed by atoms with Gasteiger partial charge >= 0.3 is 0 Å². The second-order valence-electron chi connectivity index (χ2n) is 6.89. The van der Waals surface area contributed by atoms with Gasteiger partial charge in [0.25, 0.3) is 0 Å². The minimum absolute atomic E-state index is 0.289. The van der Waals surface area contributed by atoms with Crippen LogP contribution in [-0.2, 0) is 4.79 Å². The van der Waals surface area contributed by atoms with Gasteiger partial charge in [-0.25, -0.2) is 0 Å². The van der Waals surface area contributed by atoms with E-state index in [0.29, 0.717) is 0 Å². The molecule has 1 unspecified atom stereocenters. The Labute approximate surface area is 116 Å². The summed E-state index contributed by atoms with van der Waals surface area (Å²) in [5.74, 6) is 3.70. The van der Waals surface area contributed by atoms with Gasteiger partial charge in [-0.15, -0.1) is 0 Å². The van der Waals surface area contributed by atoms with Crippen LogP contribution in [0.5, 0.6) is 0 Å². The molecule has 0 spiro atoms. The molecule has 3 rings (SSSR count). The number of carbonyl (C=O) groups excluding carboxylic acids is 1. The van der Waals surface area contributed by atoms with Gasteiger partial charge in [-0.2, -0.15) is 0 Å². The number of hydrogen-bond donors (Lipinski definition) is 2. The van der Waals surface area contributed by atoms with E-state index in [1.165, 1.54) is 38.5 Å². The second-order valence-corrected chi connectivity index (χ2v) is 6.89. The lowest BCUT2D eigenvalue weighted by Gasteiger charge is -2.22. The number of hydrogen-bond acceptors (Lipinski definition) is 2. The summed E-state index contributed by atoms with van der Waals surface area (Å²) < 4.78 is 0. The molecule has 3 nitrogen and oxygen atoms in total. The molecule has 1 atom stereocenters. The Morgan fingerprint density at radius 1 is 1.16 bits per heavy atom. The van der Waals surface area contributed by atoms with Crippen LogP contribution in [0, 0.1) is 23.7 Å². The predicted octanol–water partition coefficient (Wildman–Crippen LogP) is 2.32. The highest BCUT2D eigenvalue weighted by molar-refractivity contribution is 5.75. The monoisotopic (exact) mass is 264 g/mol. The molecule has 3 aliphatic rings. The standard InChI is InChI=1S/C16H28N2O/c19-16(8-3-12-2-1-9-17-10-12)18-11-15(13-4-5-13)14-6-7-14/h12-15,17H,1-11H2,(H,18,19). The third-order valence-electron chi connectivity index (χ3n) is 5.17. The normalized spacial score (nSPS) is 27.5. The first kappa shape index (κ1) is 13.4. The number of piperidine rings is 1. The molecule has 2 N–H and O–H groups in total. The molecule has 1 saturated heterocycles. The van der Waals surface area contributed by atoms with Crippen LogP contribution in [0.3, 0.4) is 0 Å². The van der Waals surface area contributed by atoms with E-state index in [9.17, 15) is 4.79 Å². The highest BCUT2D eigenvalue weighted by atomic mass is 16.1. The molecule has 0 aromatic rings. The summed E-state index contributed by atoms with van der Waals surface area (Å²) >= 11 is 0. The van der Waals surface area contributed by atoms with E-state index in [-0.39, 0.29) is 5.91 Å². The van der Waals surface area contributed by atoms with E-state index in [1.807, 2.05) is 0 Å². The van der Waals surface area contributed by atoms with Crippen LogP contribution in [0.15, 0.2) is 0 Å². The third kappa shape index (κ3) is 4.20. The van der Waals surface area contributed by atoms with Crippen molar-refractivity contribution in [1.82, 2.24) is 10.6 Å². The van der Waals surface area contributed by atoms with Gasteiger partial charge in [-0.3, -0.25) is 4.79 Å². The molecule has 2 aliphatic carbocycles. The Hall–Kier alpha value is -0.570. The van der Waals surface area contributed by atoms with E-state index in [2.05, 4.69) is 10.6 Å². The molecule has 0 aromatic heterocycles. The van der Waals surface area contributed by atoms with Gasteiger partial charge in [0, 0.05) is 13.0 Å². The second kappa shape index (κ2) is 6.25. The first-order chi connectivity index (χ1) is 9.33. The minimum atomic E-state index is 0.289. The zero-order chi connectivity index (χ0) is 13.1. The first-order valence-corrected chi connectivity index (χ1v) is 8.30. The summed E-state index contributed by atoms with van der Waals surface area (Å²) in [5, 5.41) is 6.63. The maximum Gasteiger partial charge on any atom is 0.220 e. The third-order valence-corrected chi connectivity index (χ3v) is 5.17. The summed E-state index contributed by atoms with van der Waals surface area (Å²) in [6.45, 7) is 3.23. The Bertz CT molecular complexity index is 292. The topological polar surface area (TPSA) is 41.1 Å². The molecule has 2 saturated carbocycles. The van der Waals surface area contributed by atoms with Crippen molar-refractivity contribution in [3.8, 4) is 0 Å². The number of nitrogens with one attached hydrogen (secondary N) is 2. The van der Waals surface area contributed by atoms with Crippen molar-refractivity contribution >= 4 is 5.91 Å². The first-order valence-electron chi connectivity index (χ1n) is 8.30. The van der Waals surface area contributed by atoms with Crippen molar-refractivity contribution < 1.29 is 4.79 Å². The van der Waals surface area contributed by atoms with Crippen LogP contribution in [0.1, 0.15) is 51.4 Å². The lowest BCUT2D eigenvalue weighted by Crippen LogP contribution is -2.33. The van der Waals surface area contributed by atoms with Gasteiger partial charge in [-0.05, 0) is 81.7 Å². The lowest BCUT2D eigenvalue weighted by atomic mass is 9.94. The SMILES string of the molecule is O=C(CCC1CCCNC1)NCC(C1CC1)C1CC1. The number of rotatable bonds is 7. The van der Waals surface area contributed by atoms with Crippen LogP contribution >= 0.6 is 0 Å². The summed E-state index contributed by atoms with van der Waals surface area (Å²) in [7, 11) is 0. The maximum absolute atomic E-state index is 11.9. The van der Waals surface area contributed by atoms with Crippen molar-refractivity contribution in [3.63, 3.8) is 0 Å². The average molecular weight is 264 g/mol. The molecule has 19 heavy (non-hydrogen) atoms. The summed E-state index contributed by atoms with van der Waals surface area (Å²) in [5.41, 5.74) is 0. The molecule has 1 heterocycles. The van der Waals surface area contributed by atoms with Crippen molar-refractivity contribution in [3.05, 3.63) is 0 Å². The van der Waals surface area contributed by atoms with E-state index >= 15 is 0 Å². The fourth-order valence-electron chi connectivity index (χ4n) is 3.59. The van der Waals surface area contributed by atoms with Crippen molar-refractivity contribution in [2.45, 2.75) is 51.4 Å². The lowest BCUT2D eigenvalue weighted by molar-refractivity contribution is -0.121. The Morgan fingerprint density at radius 2 is 1.89 bits per heavy atom. The largest absolute Gasteiger partial charge is 0.356 e. The summed E-state index contributed by atoms with van der Waals surface area (Å²) in [6.07, 6.45) is 10.0. The summed E-state index contributed by atoms with van der Waals surface area (Å²) in [4.78, 5) is 11.9. The molecule has 1 amide bonds. The van der Waals surface area contributed by atoms with Crippen LogP contribution < -0.4 is 10.6 Å². The fourth-order valence-corrected chi connectivity index (χ4v) is 3.59. The molecule has 1 aliphatic heterocycles. The zero-order valence-corrected chi connectivity index (χ0v) is 12.0. The fraction of sp³-hybridized carbons (Fsp3) is 0.938. The Kier molecular flexibility index (Phi) is 4.42. The number of amides is 1. The van der Waals surface area contributed by atoms with Crippen LogP contribution in [-0.4, -0.2) is 25.5 Å². The zero-order valence-electron chi connectivity index (χ0n) is 12.0. The van der Waals surface area contributed by atoms with E-state index in [1.54, 1.807) is 0 Å². The molecule has 3 fully saturated rings. The van der Waals surface area contributed by atoms with Crippen LogP contribution in [0.25, 0.3) is 0 Å². The van der Waals surface area contributed by atoms with Gasteiger partial charge in [0.1, 0.15) is 0 Å². The molecule has 108 valence electrons. The van der Waals surface area contributed by atoms with Crippen molar-refractivity contribution in [1.29, 1.82) is 0 Å².